The number of carbonyl (C=O) groups is 1. The van der Waals surface area contributed by atoms with E-state index in [4.69, 9.17) is 14.2 Å². The first-order chi connectivity index (χ1) is 14.4. The second-order valence-electron chi connectivity index (χ2n) is 7.35. The molecular formula is C24H26INO4. The third-order valence-corrected chi connectivity index (χ3v) is 5.55. The van der Waals surface area contributed by atoms with Crippen LogP contribution in [0.1, 0.15) is 56.2 Å². The minimum atomic E-state index is -0.463. The second-order valence-corrected chi connectivity index (χ2v) is 8.51. The Bertz CT molecular complexity index is 977. The number of nitrogens with zero attached hydrogens (tertiary/aromatic N) is 1. The quantitative estimate of drug-likeness (QED) is 0.187. The number of ether oxygens (including phenoxy) is 3. The van der Waals surface area contributed by atoms with Gasteiger partial charge in [-0.2, -0.15) is 0 Å². The molecule has 1 heterocycles. The summed E-state index contributed by atoms with van der Waals surface area (Å²) >= 11 is 2.21. The number of unbranched alkanes of at least 4 members (excludes halogenated alkanes) is 1. The molecule has 6 heteroatoms. The number of cyclic esters (lactones) is 1. The maximum atomic E-state index is 12.4. The standard InChI is InChI=1S/C24H26INO4/c1-5-6-11-29-22-19(25)12-16(14-21(22)28-4)13-20-24(27)30-23(26-20)18-9-7-17(8-10-18)15(2)3/h7-10,12-15H,5-6,11H2,1-4H3/b20-13-. The summed E-state index contributed by atoms with van der Waals surface area (Å²) in [5.41, 5.74) is 3.06. The number of carbonyl (C=O) groups excluding carboxylic acids is 1. The van der Waals surface area contributed by atoms with Crippen LogP contribution in [0.25, 0.3) is 6.08 Å². The SMILES string of the molecule is CCCCOc1c(I)cc(/C=C2\N=C(c3ccc(C(C)C)cc3)OC2=O)cc1OC. The zero-order valence-corrected chi connectivity index (χ0v) is 19.9. The lowest BCUT2D eigenvalue weighted by atomic mass is 10.0. The molecular weight excluding hydrogens is 493 g/mol. The summed E-state index contributed by atoms with van der Waals surface area (Å²) < 4.78 is 17.7. The van der Waals surface area contributed by atoms with Crippen molar-refractivity contribution in [3.63, 3.8) is 0 Å². The van der Waals surface area contributed by atoms with Crippen LogP contribution in [0.4, 0.5) is 0 Å². The van der Waals surface area contributed by atoms with Gasteiger partial charge in [0.25, 0.3) is 0 Å². The van der Waals surface area contributed by atoms with Crippen LogP contribution in [0.5, 0.6) is 11.5 Å². The van der Waals surface area contributed by atoms with Gasteiger partial charge in [-0.15, -0.1) is 0 Å². The Hall–Kier alpha value is -2.35. The smallest absolute Gasteiger partial charge is 0.363 e. The van der Waals surface area contributed by atoms with Crippen molar-refractivity contribution in [3.05, 3.63) is 62.4 Å². The highest BCUT2D eigenvalue weighted by molar-refractivity contribution is 14.1. The number of esters is 1. The van der Waals surface area contributed by atoms with Crippen LogP contribution in [0.3, 0.4) is 0 Å². The van der Waals surface area contributed by atoms with Crippen LogP contribution in [0.15, 0.2) is 47.1 Å². The van der Waals surface area contributed by atoms with Gasteiger partial charge in [-0.25, -0.2) is 9.79 Å². The van der Waals surface area contributed by atoms with Gasteiger partial charge in [0, 0.05) is 5.56 Å². The van der Waals surface area contributed by atoms with Crippen molar-refractivity contribution in [2.45, 2.75) is 39.5 Å². The zero-order valence-electron chi connectivity index (χ0n) is 17.7. The van der Waals surface area contributed by atoms with Gasteiger partial charge in [-0.3, -0.25) is 0 Å². The lowest BCUT2D eigenvalue weighted by molar-refractivity contribution is -0.129. The summed E-state index contributed by atoms with van der Waals surface area (Å²) in [4.78, 5) is 16.8. The Morgan fingerprint density at radius 2 is 1.93 bits per heavy atom. The van der Waals surface area contributed by atoms with Crippen LogP contribution in [0.2, 0.25) is 0 Å². The Kier molecular flexibility index (Phi) is 7.53. The lowest BCUT2D eigenvalue weighted by Gasteiger charge is -2.13. The minimum Gasteiger partial charge on any atom is -0.493 e. The number of aliphatic imine (C=N–C) groups is 1. The molecule has 0 aliphatic carbocycles. The maximum absolute atomic E-state index is 12.4. The van der Waals surface area contributed by atoms with Gasteiger partial charge >= 0.3 is 5.97 Å². The van der Waals surface area contributed by atoms with E-state index in [1.54, 1.807) is 13.2 Å². The van der Waals surface area contributed by atoms with Gasteiger partial charge in [0.15, 0.2) is 17.2 Å². The molecule has 0 unspecified atom stereocenters. The Balaban J connectivity index is 1.86. The second kappa shape index (κ2) is 10.1. The first kappa shape index (κ1) is 22.3. The van der Waals surface area contributed by atoms with Gasteiger partial charge in [0.05, 0.1) is 17.3 Å². The summed E-state index contributed by atoms with van der Waals surface area (Å²) in [6, 6.07) is 11.7. The molecule has 0 saturated carbocycles. The number of methoxy groups -OCH3 is 1. The van der Waals surface area contributed by atoms with Crippen LogP contribution in [0, 0.1) is 3.57 Å². The van der Waals surface area contributed by atoms with Gasteiger partial charge in [-0.05, 0) is 76.4 Å². The normalized spacial score (nSPS) is 14.8. The molecule has 0 N–H and O–H groups in total. The number of benzene rings is 2. The Morgan fingerprint density at radius 3 is 2.57 bits per heavy atom. The predicted octanol–water partition coefficient (Wildman–Crippen LogP) is 5.95. The molecule has 1 aliphatic rings. The third-order valence-electron chi connectivity index (χ3n) is 4.74. The molecule has 1 aliphatic heterocycles. The average molecular weight is 519 g/mol. The van der Waals surface area contributed by atoms with Gasteiger partial charge in [0.1, 0.15) is 0 Å². The molecule has 158 valence electrons. The molecule has 30 heavy (non-hydrogen) atoms. The topological polar surface area (TPSA) is 57.1 Å². The molecule has 0 radical (unpaired) electrons. The minimum absolute atomic E-state index is 0.260. The number of hydrogen-bond donors (Lipinski definition) is 0. The van der Waals surface area contributed by atoms with E-state index in [-0.39, 0.29) is 5.70 Å². The Morgan fingerprint density at radius 1 is 1.20 bits per heavy atom. The number of hydrogen-bond acceptors (Lipinski definition) is 5. The highest BCUT2D eigenvalue weighted by Gasteiger charge is 2.24. The fraction of sp³-hybridized carbons (Fsp3) is 0.333. The van der Waals surface area contributed by atoms with E-state index in [1.807, 2.05) is 36.4 Å². The van der Waals surface area contributed by atoms with Gasteiger partial charge in [0.2, 0.25) is 5.90 Å². The van der Waals surface area contributed by atoms with Crippen LogP contribution < -0.4 is 9.47 Å². The molecule has 2 aromatic carbocycles. The highest BCUT2D eigenvalue weighted by Crippen LogP contribution is 2.35. The lowest BCUT2D eigenvalue weighted by Crippen LogP contribution is -2.05. The monoisotopic (exact) mass is 519 g/mol. The van der Waals surface area contributed by atoms with Gasteiger partial charge in [-0.1, -0.05) is 39.3 Å². The van der Waals surface area contributed by atoms with Crippen molar-refractivity contribution in [1.82, 2.24) is 0 Å². The Labute approximate surface area is 191 Å². The summed E-state index contributed by atoms with van der Waals surface area (Å²) in [5.74, 6) is 1.65. The molecule has 0 fully saturated rings. The predicted molar refractivity (Wildman–Crippen MR) is 127 cm³/mol. The molecule has 5 nitrogen and oxygen atoms in total. The molecule has 2 aromatic rings. The fourth-order valence-corrected chi connectivity index (χ4v) is 3.76. The van der Waals surface area contributed by atoms with E-state index in [0.717, 1.165) is 33.3 Å². The summed E-state index contributed by atoms with van der Waals surface area (Å²) in [7, 11) is 1.61. The van der Waals surface area contributed by atoms with Crippen LogP contribution in [-0.4, -0.2) is 25.6 Å². The van der Waals surface area contributed by atoms with Crippen molar-refractivity contribution < 1.29 is 19.0 Å². The van der Waals surface area contributed by atoms with Crippen molar-refractivity contribution in [1.29, 1.82) is 0 Å². The number of halogens is 1. The maximum Gasteiger partial charge on any atom is 0.363 e. The van der Waals surface area contributed by atoms with Crippen LogP contribution in [-0.2, 0) is 9.53 Å². The average Bonchev–Trinajstić information content (AvgIpc) is 3.09. The summed E-state index contributed by atoms with van der Waals surface area (Å²) in [6.45, 7) is 7.03. The highest BCUT2D eigenvalue weighted by atomic mass is 127. The molecule has 0 bridgehead atoms. The molecule has 0 spiro atoms. The van der Waals surface area contributed by atoms with Crippen molar-refractivity contribution in [3.8, 4) is 11.5 Å². The zero-order chi connectivity index (χ0) is 21.7. The van der Waals surface area contributed by atoms with E-state index in [1.165, 1.54) is 5.56 Å². The van der Waals surface area contributed by atoms with Gasteiger partial charge < -0.3 is 14.2 Å². The summed E-state index contributed by atoms with van der Waals surface area (Å²) in [5, 5.41) is 0. The molecule has 0 aromatic heterocycles. The summed E-state index contributed by atoms with van der Waals surface area (Å²) in [6.07, 6.45) is 3.75. The van der Waals surface area contributed by atoms with E-state index in [9.17, 15) is 4.79 Å². The van der Waals surface area contributed by atoms with E-state index in [0.29, 0.717) is 24.2 Å². The first-order valence-electron chi connectivity index (χ1n) is 10.1. The first-order valence-corrected chi connectivity index (χ1v) is 11.1. The van der Waals surface area contributed by atoms with E-state index >= 15 is 0 Å². The van der Waals surface area contributed by atoms with Crippen molar-refractivity contribution in [2.75, 3.05) is 13.7 Å². The van der Waals surface area contributed by atoms with E-state index < -0.39 is 5.97 Å². The van der Waals surface area contributed by atoms with Crippen LogP contribution >= 0.6 is 22.6 Å². The molecule has 3 rings (SSSR count). The van der Waals surface area contributed by atoms with Crippen molar-refractivity contribution >= 4 is 40.5 Å². The molecule has 0 amide bonds. The van der Waals surface area contributed by atoms with Crippen molar-refractivity contribution in [2.24, 2.45) is 4.99 Å². The largest absolute Gasteiger partial charge is 0.493 e. The molecule has 0 saturated heterocycles. The fourth-order valence-electron chi connectivity index (χ4n) is 2.98. The number of rotatable bonds is 8. The van der Waals surface area contributed by atoms with E-state index in [2.05, 4.69) is 48.4 Å². The third kappa shape index (κ3) is 5.22. The molecule has 0 atom stereocenters.